The number of nitrogens with zero attached hydrogens (tertiary/aromatic N) is 2. The van der Waals surface area contributed by atoms with Crippen molar-refractivity contribution in [3.8, 4) is 11.1 Å². The summed E-state index contributed by atoms with van der Waals surface area (Å²) >= 11 is 1.35. The minimum absolute atomic E-state index is 0.246. The van der Waals surface area contributed by atoms with Crippen LogP contribution in [0.1, 0.15) is 34.5 Å². The maximum Gasteiger partial charge on any atom is 0.267 e. The highest BCUT2D eigenvalue weighted by Crippen LogP contribution is 2.28. The summed E-state index contributed by atoms with van der Waals surface area (Å²) in [5.41, 5.74) is 3.70. The second kappa shape index (κ2) is 12.0. The zero-order chi connectivity index (χ0) is 28.2. The Labute approximate surface area is 241 Å². The minimum atomic E-state index is -0.498. The van der Waals surface area contributed by atoms with E-state index >= 15 is 0 Å². The van der Waals surface area contributed by atoms with E-state index in [0.717, 1.165) is 41.8 Å². The maximum absolute atomic E-state index is 13.3. The van der Waals surface area contributed by atoms with E-state index in [1.54, 1.807) is 30.5 Å². The number of anilines is 3. The van der Waals surface area contributed by atoms with E-state index in [-0.39, 0.29) is 5.91 Å². The van der Waals surface area contributed by atoms with Crippen LogP contribution in [0.2, 0.25) is 0 Å². The van der Waals surface area contributed by atoms with Crippen LogP contribution in [0.15, 0.2) is 81.8 Å². The number of nitrogens with one attached hydrogen (secondary N) is 3. The van der Waals surface area contributed by atoms with Crippen molar-refractivity contribution in [1.29, 1.82) is 0 Å². The molecule has 1 fully saturated rings. The van der Waals surface area contributed by atoms with Gasteiger partial charge in [0.1, 0.15) is 4.88 Å². The normalized spacial score (nSPS) is 13.9. The highest BCUT2D eigenvalue weighted by atomic mass is 32.1. The third kappa shape index (κ3) is 5.77. The summed E-state index contributed by atoms with van der Waals surface area (Å²) in [4.78, 5) is 45.5. The quantitative estimate of drug-likeness (QED) is 0.197. The van der Waals surface area contributed by atoms with Crippen LogP contribution >= 0.6 is 11.3 Å². The van der Waals surface area contributed by atoms with Crippen LogP contribution in [-0.4, -0.2) is 42.0 Å². The Kier molecular flexibility index (Phi) is 7.89. The number of thiophene rings is 1. The summed E-state index contributed by atoms with van der Waals surface area (Å²) in [5.74, 6) is -0.246. The van der Waals surface area contributed by atoms with Crippen molar-refractivity contribution in [3.05, 3.63) is 103 Å². The number of aromatic nitrogens is 1. The molecule has 1 saturated heterocycles. The van der Waals surface area contributed by atoms with Crippen molar-refractivity contribution in [2.24, 2.45) is 0 Å². The lowest BCUT2D eigenvalue weighted by molar-refractivity contribution is 0.103. The molecule has 1 aliphatic heterocycles. The van der Waals surface area contributed by atoms with Gasteiger partial charge in [-0.3, -0.25) is 19.4 Å². The first kappa shape index (κ1) is 26.9. The predicted octanol–water partition coefficient (Wildman–Crippen LogP) is 5.32. The van der Waals surface area contributed by atoms with Crippen molar-refractivity contribution < 1.29 is 4.79 Å². The molecule has 0 spiro atoms. The first-order valence-corrected chi connectivity index (χ1v) is 14.8. The number of pyridine rings is 1. The van der Waals surface area contributed by atoms with Crippen LogP contribution in [0, 0.1) is 0 Å². The summed E-state index contributed by atoms with van der Waals surface area (Å²) in [5, 5.41) is 12.5. The Bertz CT molecular complexity index is 1760. The molecule has 9 heteroatoms. The van der Waals surface area contributed by atoms with E-state index in [2.05, 4.69) is 25.8 Å². The molecule has 0 atom stereocenters. The van der Waals surface area contributed by atoms with Gasteiger partial charge < -0.3 is 20.9 Å². The molecule has 0 saturated carbocycles. The average Bonchev–Trinajstić information content (AvgIpc) is 3.49. The lowest BCUT2D eigenvalue weighted by atomic mass is 9.98. The maximum atomic E-state index is 13.3. The van der Waals surface area contributed by atoms with Crippen molar-refractivity contribution in [2.45, 2.75) is 25.8 Å². The Morgan fingerprint density at radius 3 is 2.66 bits per heavy atom. The van der Waals surface area contributed by atoms with Gasteiger partial charge in [0.25, 0.3) is 5.91 Å². The van der Waals surface area contributed by atoms with Gasteiger partial charge in [0.2, 0.25) is 10.9 Å². The van der Waals surface area contributed by atoms with Gasteiger partial charge in [0, 0.05) is 36.9 Å². The van der Waals surface area contributed by atoms with Crippen molar-refractivity contribution >= 4 is 45.2 Å². The number of carbonyl (C=O) groups excluding carboxylic acids is 1. The molecule has 0 unspecified atom stereocenters. The molecule has 0 radical (unpaired) electrons. The van der Waals surface area contributed by atoms with E-state index in [4.69, 9.17) is 0 Å². The summed E-state index contributed by atoms with van der Waals surface area (Å²) in [6.07, 6.45) is 5.47. The average molecular weight is 566 g/mol. The number of hydrogen-bond donors (Lipinski definition) is 3. The summed E-state index contributed by atoms with van der Waals surface area (Å²) in [7, 11) is 0. The molecular formula is C32H31N5O3S. The van der Waals surface area contributed by atoms with E-state index in [9.17, 15) is 14.4 Å². The van der Waals surface area contributed by atoms with Crippen LogP contribution in [0.25, 0.3) is 22.0 Å². The fourth-order valence-corrected chi connectivity index (χ4v) is 6.19. The number of hydrogen-bond acceptors (Lipinski definition) is 8. The molecule has 0 aliphatic carbocycles. The molecule has 3 N–H and O–H groups in total. The molecule has 8 nitrogen and oxygen atoms in total. The lowest BCUT2D eigenvalue weighted by Crippen LogP contribution is -2.39. The second-order valence-corrected chi connectivity index (χ2v) is 11.2. The minimum Gasteiger partial charge on any atom is -0.380 e. The summed E-state index contributed by atoms with van der Waals surface area (Å²) < 4.78 is 0. The summed E-state index contributed by atoms with van der Waals surface area (Å²) in [6.45, 7) is 4.14. The molecule has 3 heterocycles. The molecule has 6 rings (SSSR count). The number of likely N-dealkylation sites (tertiary alicyclic amines) is 1. The topological polar surface area (TPSA) is 103 Å². The third-order valence-electron chi connectivity index (χ3n) is 7.58. The predicted molar refractivity (Wildman–Crippen MR) is 167 cm³/mol. The molecule has 41 heavy (non-hydrogen) atoms. The zero-order valence-electron chi connectivity index (χ0n) is 22.6. The molecule has 1 aliphatic rings. The molecular weight excluding hydrogens is 534 g/mol. The van der Waals surface area contributed by atoms with Crippen LogP contribution in [-0.2, 0) is 6.54 Å². The Morgan fingerprint density at radius 2 is 1.78 bits per heavy atom. The fourth-order valence-electron chi connectivity index (χ4n) is 5.42. The standard InChI is InChI=1S/C32H31N5O3S/c38-29-27(28(30(29)39)34-14-17-37-15-4-1-5-16-37)21-7-6-8-23(19-21)36-32(40)31-26(12-18-41-31)35-20-22-11-13-33-25-10-3-2-9-24(22)25/h2-3,6-13,18-19,34-35H,1,4-5,14-17,20H2,(H,36,40). The highest BCUT2D eigenvalue weighted by Gasteiger charge is 2.23. The van der Waals surface area contributed by atoms with Gasteiger partial charge >= 0.3 is 0 Å². The molecule has 1 amide bonds. The fraction of sp³-hybridized carbons (Fsp3) is 0.250. The SMILES string of the molecule is O=C(Nc1cccc(-c2c(NCCN3CCCCC3)c(=O)c2=O)c1)c1sccc1NCc1ccnc2ccccc12. The molecule has 208 valence electrons. The van der Waals surface area contributed by atoms with Gasteiger partial charge in [-0.25, -0.2) is 0 Å². The van der Waals surface area contributed by atoms with Crippen LogP contribution < -0.4 is 26.8 Å². The number of rotatable bonds is 10. The van der Waals surface area contributed by atoms with Crippen LogP contribution in [0.4, 0.5) is 17.1 Å². The lowest BCUT2D eigenvalue weighted by Gasteiger charge is -2.26. The molecule has 2 aromatic heterocycles. The van der Waals surface area contributed by atoms with E-state index in [1.807, 2.05) is 41.8 Å². The number of piperidine rings is 1. The van der Waals surface area contributed by atoms with Gasteiger partial charge in [0.15, 0.2) is 0 Å². The largest absolute Gasteiger partial charge is 0.380 e. The Hall–Kier alpha value is -4.34. The van der Waals surface area contributed by atoms with Crippen LogP contribution in [0.3, 0.4) is 0 Å². The van der Waals surface area contributed by atoms with Gasteiger partial charge in [0.05, 0.1) is 22.5 Å². The molecule has 5 aromatic rings. The first-order chi connectivity index (χ1) is 20.1. The highest BCUT2D eigenvalue weighted by molar-refractivity contribution is 7.12. The zero-order valence-corrected chi connectivity index (χ0v) is 23.4. The number of para-hydroxylation sites is 1. The number of carbonyl (C=O) groups is 1. The van der Waals surface area contributed by atoms with Crippen molar-refractivity contribution in [2.75, 3.05) is 42.1 Å². The smallest absolute Gasteiger partial charge is 0.267 e. The van der Waals surface area contributed by atoms with Gasteiger partial charge in [-0.2, -0.15) is 0 Å². The van der Waals surface area contributed by atoms with Crippen molar-refractivity contribution in [3.63, 3.8) is 0 Å². The van der Waals surface area contributed by atoms with Gasteiger partial charge in [-0.1, -0.05) is 36.8 Å². The second-order valence-electron chi connectivity index (χ2n) is 10.3. The van der Waals surface area contributed by atoms with E-state index < -0.39 is 10.9 Å². The molecule has 3 aromatic carbocycles. The Morgan fingerprint density at radius 1 is 0.927 bits per heavy atom. The number of benzene rings is 2. The first-order valence-electron chi connectivity index (χ1n) is 13.9. The van der Waals surface area contributed by atoms with Crippen LogP contribution in [0.5, 0.6) is 0 Å². The number of amides is 1. The Balaban J connectivity index is 1.12. The van der Waals surface area contributed by atoms with Gasteiger partial charge in [-0.15, -0.1) is 11.3 Å². The van der Waals surface area contributed by atoms with Gasteiger partial charge in [-0.05, 0) is 72.8 Å². The monoisotopic (exact) mass is 565 g/mol. The molecule has 0 bridgehead atoms. The van der Waals surface area contributed by atoms with Crippen molar-refractivity contribution in [1.82, 2.24) is 9.88 Å². The summed E-state index contributed by atoms with van der Waals surface area (Å²) in [6, 6.07) is 18.9. The third-order valence-corrected chi connectivity index (χ3v) is 8.49. The number of fused-ring (bicyclic) bond motifs is 1. The van der Waals surface area contributed by atoms with E-state index in [1.165, 1.54) is 30.6 Å². The van der Waals surface area contributed by atoms with E-state index in [0.29, 0.717) is 40.5 Å².